The largest absolute Gasteiger partial charge is 0.508 e. The lowest BCUT2D eigenvalue weighted by molar-refractivity contribution is -0.130. The molecule has 0 saturated heterocycles. The van der Waals surface area contributed by atoms with Crippen molar-refractivity contribution in [3.63, 3.8) is 0 Å². The highest BCUT2D eigenvalue weighted by atomic mass is 35.5. The fraction of sp³-hybridized carbons (Fsp3) is 0.238. The van der Waals surface area contributed by atoms with Crippen LogP contribution < -0.4 is 0 Å². The van der Waals surface area contributed by atoms with Gasteiger partial charge >= 0.3 is 0 Å². The number of aromatic nitrogens is 2. The number of amides is 1. The average molecular weight is 384 g/mol. The highest BCUT2D eigenvalue weighted by molar-refractivity contribution is 6.30. The van der Waals surface area contributed by atoms with Crippen molar-refractivity contribution < 1.29 is 9.90 Å². The summed E-state index contributed by atoms with van der Waals surface area (Å²) in [5.74, 6) is -0.0116. The molecule has 0 fully saturated rings. The lowest BCUT2D eigenvalue weighted by atomic mass is 9.88. The van der Waals surface area contributed by atoms with Gasteiger partial charge in [-0.3, -0.25) is 9.48 Å². The molecule has 1 aromatic heterocycles. The zero-order chi connectivity index (χ0) is 19.4. The Labute approximate surface area is 163 Å². The molecule has 0 bridgehead atoms. The smallest absolute Gasteiger partial charge is 0.223 e. The lowest BCUT2D eigenvalue weighted by Crippen LogP contribution is -2.27. The zero-order valence-corrected chi connectivity index (χ0v) is 16.1. The molecule has 140 valence electrons. The Morgan fingerprint density at radius 2 is 1.93 bits per heavy atom. The van der Waals surface area contributed by atoms with Gasteiger partial charge in [0, 0.05) is 49.8 Å². The summed E-state index contributed by atoms with van der Waals surface area (Å²) in [5, 5.41) is 14.6. The monoisotopic (exact) mass is 383 g/mol. The van der Waals surface area contributed by atoms with Crippen LogP contribution in [0.4, 0.5) is 0 Å². The summed E-state index contributed by atoms with van der Waals surface area (Å²) in [6.07, 6.45) is 3.93. The molecule has 0 spiro atoms. The predicted molar refractivity (Wildman–Crippen MR) is 106 cm³/mol. The number of benzene rings is 2. The molecule has 3 aromatic rings. The SMILES string of the molecule is CN(Cc1cnn(C)c1)C(=O)C[C@H](c1cccc(O)c1)c1cccc(Cl)c1. The van der Waals surface area contributed by atoms with E-state index in [9.17, 15) is 9.90 Å². The second-order valence-corrected chi connectivity index (χ2v) is 7.12. The fourth-order valence-electron chi connectivity index (χ4n) is 3.14. The molecule has 1 heterocycles. The number of hydrogen-bond donors (Lipinski definition) is 1. The van der Waals surface area contributed by atoms with E-state index in [2.05, 4.69) is 5.10 Å². The van der Waals surface area contributed by atoms with Gasteiger partial charge in [-0.15, -0.1) is 0 Å². The minimum Gasteiger partial charge on any atom is -0.508 e. The summed E-state index contributed by atoms with van der Waals surface area (Å²) < 4.78 is 1.72. The Hall–Kier alpha value is -2.79. The number of carbonyl (C=O) groups is 1. The first-order chi connectivity index (χ1) is 12.9. The molecule has 1 atom stereocenters. The first-order valence-corrected chi connectivity index (χ1v) is 9.06. The summed E-state index contributed by atoms with van der Waals surface area (Å²) in [4.78, 5) is 14.6. The van der Waals surface area contributed by atoms with Crippen LogP contribution in [0.5, 0.6) is 5.75 Å². The van der Waals surface area contributed by atoms with Gasteiger partial charge in [0.25, 0.3) is 0 Å². The second kappa shape index (κ2) is 8.27. The van der Waals surface area contributed by atoms with Gasteiger partial charge in [-0.05, 0) is 35.4 Å². The van der Waals surface area contributed by atoms with Crippen LogP contribution in [-0.4, -0.2) is 32.7 Å². The molecule has 0 aliphatic carbocycles. The maximum atomic E-state index is 12.9. The van der Waals surface area contributed by atoms with E-state index in [0.29, 0.717) is 11.6 Å². The third-order valence-corrected chi connectivity index (χ3v) is 4.74. The summed E-state index contributed by atoms with van der Waals surface area (Å²) >= 11 is 6.16. The number of rotatable bonds is 6. The molecule has 5 nitrogen and oxygen atoms in total. The van der Waals surface area contributed by atoms with Crippen molar-refractivity contribution in [1.29, 1.82) is 0 Å². The molecule has 0 radical (unpaired) electrons. The van der Waals surface area contributed by atoms with E-state index in [1.807, 2.05) is 37.5 Å². The number of halogens is 1. The summed E-state index contributed by atoms with van der Waals surface area (Å²) in [5.41, 5.74) is 2.79. The Morgan fingerprint density at radius 1 is 1.22 bits per heavy atom. The molecular formula is C21H22ClN3O2. The normalized spacial score (nSPS) is 12.0. The van der Waals surface area contributed by atoms with Gasteiger partial charge < -0.3 is 10.0 Å². The van der Waals surface area contributed by atoms with Crippen molar-refractivity contribution in [1.82, 2.24) is 14.7 Å². The van der Waals surface area contributed by atoms with Crippen LogP contribution in [0.3, 0.4) is 0 Å². The summed E-state index contributed by atoms with van der Waals surface area (Å²) in [6.45, 7) is 0.495. The quantitative estimate of drug-likeness (QED) is 0.700. The van der Waals surface area contributed by atoms with Crippen molar-refractivity contribution in [2.24, 2.45) is 7.05 Å². The zero-order valence-electron chi connectivity index (χ0n) is 15.3. The van der Waals surface area contributed by atoms with Crippen LogP contribution >= 0.6 is 11.6 Å². The molecule has 0 aliphatic heterocycles. The van der Waals surface area contributed by atoms with Crippen LogP contribution in [0, 0.1) is 0 Å². The van der Waals surface area contributed by atoms with Gasteiger partial charge in [0.2, 0.25) is 5.91 Å². The van der Waals surface area contributed by atoms with Gasteiger partial charge in [0.1, 0.15) is 5.75 Å². The number of nitrogens with zero attached hydrogens (tertiary/aromatic N) is 3. The first kappa shape index (κ1) is 19.0. The number of phenols is 1. The van der Waals surface area contributed by atoms with Crippen molar-refractivity contribution in [2.45, 2.75) is 18.9 Å². The van der Waals surface area contributed by atoms with E-state index in [1.165, 1.54) is 0 Å². The van der Waals surface area contributed by atoms with Crippen LogP contribution in [0.15, 0.2) is 60.9 Å². The Morgan fingerprint density at radius 3 is 2.56 bits per heavy atom. The molecule has 2 aromatic carbocycles. The minimum absolute atomic E-state index is 0.00664. The third kappa shape index (κ3) is 4.89. The molecule has 0 unspecified atom stereocenters. The van der Waals surface area contributed by atoms with E-state index >= 15 is 0 Å². The van der Waals surface area contributed by atoms with Crippen LogP contribution in [0.2, 0.25) is 5.02 Å². The summed E-state index contributed by atoms with van der Waals surface area (Å²) in [7, 11) is 3.63. The minimum atomic E-state index is -0.195. The highest BCUT2D eigenvalue weighted by Crippen LogP contribution is 2.32. The number of aromatic hydroxyl groups is 1. The predicted octanol–water partition coefficient (Wildman–Crippen LogP) is 3.96. The van der Waals surface area contributed by atoms with E-state index in [4.69, 9.17) is 11.6 Å². The summed E-state index contributed by atoms with van der Waals surface area (Å²) in [6, 6.07) is 14.5. The molecule has 0 saturated carbocycles. The van der Waals surface area contributed by atoms with Crippen molar-refractivity contribution in [3.8, 4) is 5.75 Å². The van der Waals surface area contributed by atoms with Crippen molar-refractivity contribution >= 4 is 17.5 Å². The lowest BCUT2D eigenvalue weighted by Gasteiger charge is -2.22. The molecule has 6 heteroatoms. The molecule has 0 aliphatic rings. The maximum Gasteiger partial charge on any atom is 0.223 e. The van der Waals surface area contributed by atoms with Crippen molar-refractivity contribution in [3.05, 3.63) is 82.6 Å². The Kier molecular flexibility index (Phi) is 5.81. The van der Waals surface area contributed by atoms with E-state index < -0.39 is 0 Å². The molecule has 27 heavy (non-hydrogen) atoms. The molecule has 3 rings (SSSR count). The van der Waals surface area contributed by atoms with Crippen LogP contribution in [-0.2, 0) is 18.4 Å². The van der Waals surface area contributed by atoms with Crippen LogP contribution in [0.25, 0.3) is 0 Å². The molecule has 1 N–H and O–H groups in total. The van der Waals surface area contributed by atoms with Gasteiger partial charge in [0.15, 0.2) is 0 Å². The Bertz CT molecular complexity index is 893. The van der Waals surface area contributed by atoms with Gasteiger partial charge in [-0.2, -0.15) is 5.10 Å². The van der Waals surface area contributed by atoms with E-state index in [0.717, 1.165) is 16.7 Å². The molecular weight excluding hydrogens is 362 g/mol. The number of hydrogen-bond acceptors (Lipinski definition) is 3. The van der Waals surface area contributed by atoms with Gasteiger partial charge in [0.05, 0.1) is 6.20 Å². The second-order valence-electron chi connectivity index (χ2n) is 6.68. The first-order valence-electron chi connectivity index (χ1n) is 8.68. The maximum absolute atomic E-state index is 12.9. The topological polar surface area (TPSA) is 58.4 Å². The number of aryl methyl sites for hydroxylation is 1. The number of carbonyl (C=O) groups excluding carboxylic acids is 1. The van der Waals surface area contributed by atoms with E-state index in [1.54, 1.807) is 47.1 Å². The highest BCUT2D eigenvalue weighted by Gasteiger charge is 2.21. The fourth-order valence-corrected chi connectivity index (χ4v) is 3.34. The standard InChI is InChI=1S/C21H22ClN3O2/c1-24(13-15-12-23-25(2)14-15)21(27)11-20(16-5-3-7-18(22)9-16)17-6-4-8-19(26)10-17/h3-10,12,14,20,26H,11,13H2,1-2H3/t20-/m0/s1. The Balaban J connectivity index is 1.83. The number of phenolic OH excluding ortho intramolecular Hbond substituents is 1. The molecule has 1 amide bonds. The van der Waals surface area contributed by atoms with Gasteiger partial charge in [-0.25, -0.2) is 0 Å². The van der Waals surface area contributed by atoms with Crippen LogP contribution in [0.1, 0.15) is 29.0 Å². The van der Waals surface area contributed by atoms with Gasteiger partial charge in [-0.1, -0.05) is 35.9 Å². The third-order valence-electron chi connectivity index (χ3n) is 4.51. The van der Waals surface area contributed by atoms with E-state index in [-0.39, 0.29) is 24.0 Å². The van der Waals surface area contributed by atoms with Crippen molar-refractivity contribution in [2.75, 3.05) is 7.05 Å². The average Bonchev–Trinajstić information content (AvgIpc) is 3.04.